The van der Waals surface area contributed by atoms with Crippen LogP contribution >= 0.6 is 0 Å². The second kappa shape index (κ2) is 8.56. The van der Waals surface area contributed by atoms with Gasteiger partial charge in [0.1, 0.15) is 5.75 Å². The zero-order chi connectivity index (χ0) is 16.7. The number of hydrogen-bond acceptors (Lipinski definition) is 5. The third-order valence-electron chi connectivity index (χ3n) is 4.39. The standard InChI is InChI=1S/C18H25NO4/c1-13(19-21)15-8-9-17(16(10-15)11-18(20)22-2)23-12-14-6-4-3-5-7-14/h8-10,14,21H,3-7,11-12H2,1-2H3. The number of carbonyl (C=O) groups excluding carboxylic acids is 1. The lowest BCUT2D eigenvalue weighted by atomic mass is 9.90. The van der Waals surface area contributed by atoms with Crippen LogP contribution in [0.4, 0.5) is 0 Å². The van der Waals surface area contributed by atoms with Gasteiger partial charge < -0.3 is 14.7 Å². The number of ether oxygens (including phenoxy) is 2. The number of hydrogen-bond donors (Lipinski definition) is 1. The second-order valence-corrected chi connectivity index (χ2v) is 6.08. The van der Waals surface area contributed by atoms with Crippen LogP contribution in [0.3, 0.4) is 0 Å². The summed E-state index contributed by atoms with van der Waals surface area (Å²) in [6.45, 7) is 2.39. The Labute approximate surface area is 137 Å². The molecule has 0 aromatic heterocycles. The first-order chi connectivity index (χ1) is 11.1. The van der Waals surface area contributed by atoms with Crippen molar-refractivity contribution in [3.05, 3.63) is 29.3 Å². The van der Waals surface area contributed by atoms with Crippen LogP contribution in [0.25, 0.3) is 0 Å². The summed E-state index contributed by atoms with van der Waals surface area (Å²) in [5.74, 6) is 0.980. The Morgan fingerprint density at radius 3 is 2.70 bits per heavy atom. The highest BCUT2D eigenvalue weighted by atomic mass is 16.5. The minimum absolute atomic E-state index is 0.142. The first-order valence-corrected chi connectivity index (χ1v) is 8.15. The SMILES string of the molecule is COC(=O)Cc1cc(C(C)=NO)ccc1OCC1CCCCC1. The molecule has 0 spiro atoms. The fraction of sp³-hybridized carbons (Fsp3) is 0.556. The van der Waals surface area contributed by atoms with Crippen molar-refractivity contribution in [2.45, 2.75) is 45.4 Å². The van der Waals surface area contributed by atoms with Crippen molar-refractivity contribution in [1.29, 1.82) is 0 Å². The van der Waals surface area contributed by atoms with Crippen molar-refractivity contribution in [1.82, 2.24) is 0 Å². The monoisotopic (exact) mass is 319 g/mol. The highest BCUT2D eigenvalue weighted by molar-refractivity contribution is 5.98. The Morgan fingerprint density at radius 1 is 1.30 bits per heavy atom. The van der Waals surface area contributed by atoms with E-state index in [1.165, 1.54) is 39.2 Å². The minimum atomic E-state index is -0.316. The van der Waals surface area contributed by atoms with E-state index in [1.807, 2.05) is 18.2 Å². The summed E-state index contributed by atoms with van der Waals surface area (Å²) in [5.41, 5.74) is 2.01. The average Bonchev–Trinajstić information content (AvgIpc) is 2.60. The van der Waals surface area contributed by atoms with Gasteiger partial charge in [-0.15, -0.1) is 0 Å². The Morgan fingerprint density at radius 2 is 2.04 bits per heavy atom. The van der Waals surface area contributed by atoms with E-state index in [0.717, 1.165) is 11.1 Å². The summed E-state index contributed by atoms with van der Waals surface area (Å²) in [7, 11) is 1.37. The van der Waals surface area contributed by atoms with Crippen molar-refractivity contribution in [3.63, 3.8) is 0 Å². The van der Waals surface area contributed by atoms with Gasteiger partial charge in [0.2, 0.25) is 0 Å². The van der Waals surface area contributed by atoms with E-state index >= 15 is 0 Å². The molecule has 0 radical (unpaired) electrons. The maximum Gasteiger partial charge on any atom is 0.310 e. The van der Waals surface area contributed by atoms with Crippen LogP contribution in [-0.2, 0) is 16.0 Å². The van der Waals surface area contributed by atoms with Crippen LogP contribution < -0.4 is 4.74 Å². The van der Waals surface area contributed by atoms with Gasteiger partial charge in [0.05, 0.1) is 25.8 Å². The maximum atomic E-state index is 11.6. The van der Waals surface area contributed by atoms with Crippen molar-refractivity contribution in [2.24, 2.45) is 11.1 Å². The van der Waals surface area contributed by atoms with E-state index < -0.39 is 0 Å². The first-order valence-electron chi connectivity index (χ1n) is 8.15. The first kappa shape index (κ1) is 17.3. The molecule has 1 aliphatic rings. The molecule has 5 nitrogen and oxygen atoms in total. The molecule has 0 amide bonds. The zero-order valence-corrected chi connectivity index (χ0v) is 13.9. The number of methoxy groups -OCH3 is 1. The van der Waals surface area contributed by atoms with Crippen LogP contribution in [0.1, 0.15) is 50.2 Å². The van der Waals surface area contributed by atoms with E-state index in [4.69, 9.17) is 14.7 Å². The minimum Gasteiger partial charge on any atom is -0.493 e. The molecule has 0 heterocycles. The molecule has 5 heteroatoms. The van der Waals surface area contributed by atoms with Crippen molar-refractivity contribution < 1.29 is 19.5 Å². The molecule has 1 saturated carbocycles. The molecule has 1 fully saturated rings. The molecule has 126 valence electrons. The van der Waals surface area contributed by atoms with Crippen molar-refractivity contribution in [3.8, 4) is 5.75 Å². The smallest absolute Gasteiger partial charge is 0.310 e. The normalized spacial score (nSPS) is 16.2. The Kier molecular flexibility index (Phi) is 6.44. The Hall–Kier alpha value is -2.04. The number of nitrogens with zero attached hydrogens (tertiary/aromatic N) is 1. The number of benzene rings is 1. The molecule has 2 rings (SSSR count). The summed E-state index contributed by atoms with van der Waals surface area (Å²) in [5, 5.41) is 12.1. The lowest BCUT2D eigenvalue weighted by Crippen LogP contribution is -2.16. The summed E-state index contributed by atoms with van der Waals surface area (Å²) < 4.78 is 10.7. The topological polar surface area (TPSA) is 68.1 Å². The molecule has 0 bridgehead atoms. The lowest BCUT2D eigenvalue weighted by molar-refractivity contribution is -0.139. The third-order valence-corrected chi connectivity index (χ3v) is 4.39. The van der Waals surface area contributed by atoms with Gasteiger partial charge >= 0.3 is 5.97 Å². The van der Waals surface area contributed by atoms with Gasteiger partial charge in [-0.3, -0.25) is 4.79 Å². The van der Waals surface area contributed by atoms with Crippen LogP contribution in [0.2, 0.25) is 0 Å². The van der Waals surface area contributed by atoms with Gasteiger partial charge in [-0.05, 0) is 49.4 Å². The molecule has 1 aromatic carbocycles. The number of oxime groups is 1. The van der Waals surface area contributed by atoms with Gasteiger partial charge in [0.25, 0.3) is 0 Å². The average molecular weight is 319 g/mol. The predicted molar refractivity (Wildman–Crippen MR) is 88.2 cm³/mol. The summed E-state index contributed by atoms with van der Waals surface area (Å²) in [6, 6.07) is 5.50. The molecule has 0 saturated heterocycles. The molecule has 0 atom stereocenters. The molecular formula is C18H25NO4. The Bertz CT molecular complexity index is 562. The molecule has 0 unspecified atom stereocenters. The molecular weight excluding hydrogens is 294 g/mol. The van der Waals surface area contributed by atoms with Gasteiger partial charge in [-0.25, -0.2) is 0 Å². The van der Waals surface area contributed by atoms with Gasteiger partial charge in [0.15, 0.2) is 0 Å². The lowest BCUT2D eigenvalue weighted by Gasteiger charge is -2.22. The van der Waals surface area contributed by atoms with E-state index in [0.29, 0.717) is 24.0 Å². The zero-order valence-electron chi connectivity index (χ0n) is 13.9. The number of rotatable bonds is 6. The van der Waals surface area contributed by atoms with E-state index in [1.54, 1.807) is 6.92 Å². The van der Waals surface area contributed by atoms with E-state index in [2.05, 4.69) is 5.16 Å². The van der Waals surface area contributed by atoms with Gasteiger partial charge in [-0.2, -0.15) is 0 Å². The largest absolute Gasteiger partial charge is 0.493 e. The van der Waals surface area contributed by atoms with Gasteiger partial charge in [0, 0.05) is 5.56 Å². The summed E-state index contributed by atoms with van der Waals surface area (Å²) in [6.07, 6.45) is 6.42. The molecule has 0 aliphatic heterocycles. The van der Waals surface area contributed by atoms with Crippen molar-refractivity contribution >= 4 is 11.7 Å². The number of esters is 1. The van der Waals surface area contributed by atoms with Crippen LogP contribution in [0, 0.1) is 5.92 Å². The Balaban J connectivity index is 2.13. The fourth-order valence-electron chi connectivity index (χ4n) is 2.93. The summed E-state index contributed by atoms with van der Waals surface area (Å²) in [4.78, 5) is 11.6. The van der Waals surface area contributed by atoms with Gasteiger partial charge in [-0.1, -0.05) is 24.4 Å². The summed E-state index contributed by atoms with van der Waals surface area (Å²) >= 11 is 0. The molecule has 1 N–H and O–H groups in total. The molecule has 23 heavy (non-hydrogen) atoms. The molecule has 1 aliphatic carbocycles. The molecule has 1 aromatic rings. The van der Waals surface area contributed by atoms with E-state index in [9.17, 15) is 4.79 Å². The highest BCUT2D eigenvalue weighted by Gasteiger charge is 2.16. The number of carbonyl (C=O) groups is 1. The van der Waals surface area contributed by atoms with Crippen LogP contribution in [-0.4, -0.2) is 30.6 Å². The maximum absolute atomic E-state index is 11.6. The van der Waals surface area contributed by atoms with Crippen LogP contribution in [0.15, 0.2) is 23.4 Å². The van der Waals surface area contributed by atoms with Crippen molar-refractivity contribution in [2.75, 3.05) is 13.7 Å². The predicted octanol–water partition coefficient (Wildman–Crippen LogP) is 3.56. The quantitative estimate of drug-likeness (QED) is 0.377. The van der Waals surface area contributed by atoms with E-state index in [-0.39, 0.29) is 12.4 Å². The highest BCUT2D eigenvalue weighted by Crippen LogP contribution is 2.27. The second-order valence-electron chi connectivity index (χ2n) is 6.08. The third kappa shape index (κ3) is 4.98. The van der Waals surface area contributed by atoms with Crippen LogP contribution in [0.5, 0.6) is 5.75 Å². The fourth-order valence-corrected chi connectivity index (χ4v) is 2.93.